The number of nitrogens with two attached hydrogens (primary N) is 1. The molecule has 1 rings (SSSR count). The number of hydrogen-bond donors (Lipinski definition) is 1. The van der Waals surface area contributed by atoms with Crippen LogP contribution in [0, 0.1) is 5.92 Å². The normalized spacial score (nSPS) is 14.2. The van der Waals surface area contributed by atoms with Gasteiger partial charge in [0.2, 0.25) is 0 Å². The van der Waals surface area contributed by atoms with Crippen LogP contribution in [-0.4, -0.2) is 55.2 Å². The van der Waals surface area contributed by atoms with Crippen molar-refractivity contribution in [3.63, 3.8) is 0 Å². The zero-order chi connectivity index (χ0) is 29.0. The second-order valence-corrected chi connectivity index (χ2v) is 9.87. The van der Waals surface area contributed by atoms with Crippen LogP contribution < -0.4 is 15.2 Å². The fourth-order valence-electron chi connectivity index (χ4n) is 3.49. The fraction of sp³-hybridized carbons (Fsp3) is 0.630. The van der Waals surface area contributed by atoms with Crippen LogP contribution in [0.4, 0.5) is 9.59 Å². The molecule has 3 atom stereocenters. The van der Waals surface area contributed by atoms with E-state index in [9.17, 15) is 19.2 Å². The molecule has 0 aliphatic carbocycles. The topological polar surface area (TPSA) is 150 Å². The monoisotopic (exact) mass is 539 g/mol. The first-order valence-corrected chi connectivity index (χ1v) is 12.7. The second kappa shape index (κ2) is 15.2. The van der Waals surface area contributed by atoms with Crippen molar-refractivity contribution in [1.82, 2.24) is 0 Å². The summed E-state index contributed by atoms with van der Waals surface area (Å²) < 4.78 is 30.9. The quantitative estimate of drug-likeness (QED) is 0.211. The summed E-state index contributed by atoms with van der Waals surface area (Å²) in [5.41, 5.74) is 5.34. The smallest absolute Gasteiger partial charge is 0.468 e. The molecule has 38 heavy (non-hydrogen) atoms. The summed E-state index contributed by atoms with van der Waals surface area (Å²) in [4.78, 5) is 49.1. The van der Waals surface area contributed by atoms with Gasteiger partial charge >= 0.3 is 24.2 Å². The average Bonchev–Trinajstić information content (AvgIpc) is 2.78. The molecular formula is C27H41NO10. The Morgan fingerprint density at radius 1 is 0.868 bits per heavy atom. The van der Waals surface area contributed by atoms with Crippen molar-refractivity contribution >= 4 is 24.2 Å². The van der Waals surface area contributed by atoms with Gasteiger partial charge < -0.3 is 34.2 Å². The Labute approximate surface area is 224 Å². The molecule has 0 saturated heterocycles. The van der Waals surface area contributed by atoms with Gasteiger partial charge in [0.05, 0.1) is 19.3 Å². The Morgan fingerprint density at radius 3 is 1.92 bits per heavy atom. The van der Waals surface area contributed by atoms with Gasteiger partial charge in [0.1, 0.15) is 11.6 Å². The lowest BCUT2D eigenvalue weighted by Crippen LogP contribution is -2.53. The van der Waals surface area contributed by atoms with E-state index in [0.717, 1.165) is 6.42 Å². The Morgan fingerprint density at radius 2 is 1.42 bits per heavy atom. The number of ether oxygens (including phenoxy) is 6. The molecule has 11 nitrogen and oxygen atoms in total. The molecule has 1 aromatic rings. The van der Waals surface area contributed by atoms with Gasteiger partial charge in [-0.15, -0.1) is 0 Å². The molecule has 0 spiro atoms. The lowest BCUT2D eigenvalue weighted by atomic mass is 9.86. The van der Waals surface area contributed by atoms with Gasteiger partial charge in [-0.2, -0.15) is 0 Å². The summed E-state index contributed by atoms with van der Waals surface area (Å²) in [5.74, 6) is -1.18. The molecule has 2 N–H and O–H groups in total. The van der Waals surface area contributed by atoms with Crippen LogP contribution in [0.5, 0.6) is 11.5 Å². The van der Waals surface area contributed by atoms with Crippen LogP contribution in [-0.2, 0) is 35.0 Å². The van der Waals surface area contributed by atoms with E-state index >= 15 is 0 Å². The zero-order valence-corrected chi connectivity index (χ0v) is 23.5. The van der Waals surface area contributed by atoms with E-state index in [4.69, 9.17) is 34.2 Å². The molecule has 0 amide bonds. The highest BCUT2D eigenvalue weighted by atomic mass is 16.7. The molecule has 0 radical (unpaired) electrons. The van der Waals surface area contributed by atoms with Gasteiger partial charge in [-0.3, -0.25) is 9.59 Å². The summed E-state index contributed by atoms with van der Waals surface area (Å²) in [7, 11) is 1.21. The Balaban J connectivity index is 3.21. The van der Waals surface area contributed by atoms with E-state index in [1.54, 1.807) is 40.7 Å². The number of esters is 2. The highest BCUT2D eigenvalue weighted by Crippen LogP contribution is 2.32. The predicted octanol–water partition coefficient (Wildman–Crippen LogP) is 4.71. The van der Waals surface area contributed by atoms with Crippen molar-refractivity contribution in [2.45, 2.75) is 98.0 Å². The number of benzene rings is 1. The summed E-state index contributed by atoms with van der Waals surface area (Å²) in [6, 6.07) is 4.31. The van der Waals surface area contributed by atoms with Crippen LogP contribution in [0.25, 0.3) is 0 Å². The SMILES string of the molecule is CCC(C)CC(=O)O[C@@H](C)CC(N)(Cc1ccc(OC(=O)OC(C)C)c(OC(=O)OC(C)C)c1)C(=O)OC. The molecule has 0 fully saturated rings. The van der Waals surface area contributed by atoms with Crippen LogP contribution in [0.2, 0.25) is 0 Å². The molecule has 0 heterocycles. The van der Waals surface area contributed by atoms with Crippen LogP contribution in [0.3, 0.4) is 0 Å². The van der Waals surface area contributed by atoms with E-state index in [2.05, 4.69) is 0 Å². The number of carbonyl (C=O) groups is 4. The molecule has 11 heteroatoms. The van der Waals surface area contributed by atoms with Crippen molar-refractivity contribution in [3.05, 3.63) is 23.8 Å². The maximum absolute atomic E-state index is 12.7. The van der Waals surface area contributed by atoms with Crippen molar-refractivity contribution in [3.8, 4) is 11.5 Å². The van der Waals surface area contributed by atoms with Gasteiger partial charge in [0.15, 0.2) is 11.5 Å². The Hall–Kier alpha value is -3.34. The van der Waals surface area contributed by atoms with E-state index in [1.807, 2.05) is 13.8 Å². The number of hydrogen-bond acceptors (Lipinski definition) is 11. The van der Waals surface area contributed by atoms with E-state index in [-0.39, 0.29) is 42.6 Å². The molecule has 0 bridgehead atoms. The summed E-state index contributed by atoms with van der Waals surface area (Å²) in [5, 5.41) is 0. The number of methoxy groups -OCH3 is 1. The molecule has 2 unspecified atom stereocenters. The third-order valence-corrected chi connectivity index (χ3v) is 5.37. The van der Waals surface area contributed by atoms with E-state index in [0.29, 0.717) is 5.56 Å². The lowest BCUT2D eigenvalue weighted by Gasteiger charge is -2.29. The number of carbonyl (C=O) groups excluding carboxylic acids is 4. The summed E-state index contributed by atoms with van der Waals surface area (Å²) >= 11 is 0. The van der Waals surface area contributed by atoms with Crippen molar-refractivity contribution in [2.75, 3.05) is 7.11 Å². The van der Waals surface area contributed by atoms with Crippen LogP contribution in [0.1, 0.15) is 73.3 Å². The highest BCUT2D eigenvalue weighted by Gasteiger charge is 2.38. The largest absolute Gasteiger partial charge is 0.514 e. The maximum atomic E-state index is 12.7. The van der Waals surface area contributed by atoms with Crippen molar-refractivity contribution in [2.24, 2.45) is 11.7 Å². The predicted molar refractivity (Wildman–Crippen MR) is 138 cm³/mol. The first-order valence-electron chi connectivity index (χ1n) is 12.7. The Kier molecular flexibility index (Phi) is 13.0. The van der Waals surface area contributed by atoms with Gasteiger partial charge in [-0.1, -0.05) is 26.3 Å². The van der Waals surface area contributed by atoms with E-state index in [1.165, 1.54) is 19.2 Å². The van der Waals surface area contributed by atoms with Gasteiger partial charge in [-0.05, 0) is 58.2 Å². The molecule has 1 aromatic carbocycles. The zero-order valence-electron chi connectivity index (χ0n) is 23.5. The minimum Gasteiger partial charge on any atom is -0.468 e. The van der Waals surface area contributed by atoms with Crippen molar-refractivity contribution < 1.29 is 47.6 Å². The Bertz CT molecular complexity index is 961. The minimum absolute atomic E-state index is 0.0313. The highest BCUT2D eigenvalue weighted by molar-refractivity contribution is 5.81. The van der Waals surface area contributed by atoms with Gasteiger partial charge in [0, 0.05) is 19.3 Å². The molecular weight excluding hydrogens is 498 g/mol. The summed E-state index contributed by atoms with van der Waals surface area (Å²) in [6.07, 6.45) is -2.60. The maximum Gasteiger partial charge on any atom is 0.514 e. The molecule has 0 aliphatic heterocycles. The molecule has 0 saturated carbocycles. The van der Waals surface area contributed by atoms with Crippen LogP contribution in [0.15, 0.2) is 18.2 Å². The fourth-order valence-corrected chi connectivity index (χ4v) is 3.49. The van der Waals surface area contributed by atoms with Gasteiger partial charge in [-0.25, -0.2) is 9.59 Å². The first-order chi connectivity index (χ1) is 17.7. The molecule has 214 valence electrons. The average molecular weight is 540 g/mol. The standard InChI is InChI=1S/C27H41NO10/c1-9-18(6)12-23(29)36-19(7)14-27(28,24(30)33-8)15-20-10-11-21(37-25(31)34-16(2)3)22(13-20)38-26(32)35-17(4)5/h10-11,13,16-19H,9,12,14-15,28H2,1-8H3/t18?,19-,27?/m0/s1. The van der Waals surface area contributed by atoms with Gasteiger partial charge in [0.25, 0.3) is 0 Å². The van der Waals surface area contributed by atoms with E-state index < -0.39 is 42.1 Å². The first kappa shape index (κ1) is 32.7. The lowest BCUT2D eigenvalue weighted by molar-refractivity contribution is -0.155. The minimum atomic E-state index is -1.58. The second-order valence-electron chi connectivity index (χ2n) is 9.87. The third-order valence-electron chi connectivity index (χ3n) is 5.37. The van der Waals surface area contributed by atoms with Crippen molar-refractivity contribution in [1.29, 1.82) is 0 Å². The molecule has 0 aliphatic rings. The number of rotatable bonds is 13. The molecule has 0 aromatic heterocycles. The third kappa shape index (κ3) is 11.4. The summed E-state index contributed by atoms with van der Waals surface area (Å²) in [6.45, 7) is 12.2. The van der Waals surface area contributed by atoms with Crippen LogP contribution >= 0.6 is 0 Å².